The summed E-state index contributed by atoms with van der Waals surface area (Å²) >= 11 is 0. The lowest BCUT2D eigenvalue weighted by Crippen LogP contribution is -2.25. The Bertz CT molecular complexity index is 1070. The van der Waals surface area contributed by atoms with Crippen LogP contribution in [0.25, 0.3) is 11.3 Å². The molecule has 4 rings (SSSR count). The summed E-state index contributed by atoms with van der Waals surface area (Å²) in [6, 6.07) is 10.1. The molecule has 8 heteroatoms. The van der Waals surface area contributed by atoms with Gasteiger partial charge >= 0.3 is 6.29 Å². The monoisotopic (exact) mass is 383 g/mol. The van der Waals surface area contributed by atoms with Crippen LogP contribution in [0.2, 0.25) is 0 Å². The van der Waals surface area contributed by atoms with E-state index in [-0.39, 0.29) is 23.2 Å². The second-order valence-electron chi connectivity index (χ2n) is 6.39. The van der Waals surface area contributed by atoms with Crippen LogP contribution in [-0.4, -0.2) is 22.2 Å². The second-order valence-corrected chi connectivity index (χ2v) is 6.39. The number of anilines is 1. The lowest BCUT2D eigenvalue weighted by atomic mass is 10.1. The molecular formula is C20H15F2N3O3. The number of carbonyl (C=O) groups excluding carboxylic acids is 1. The Morgan fingerprint density at radius 1 is 1.04 bits per heavy atom. The number of aryl methyl sites for hydroxylation is 2. The van der Waals surface area contributed by atoms with Crippen molar-refractivity contribution in [3.63, 3.8) is 0 Å². The third-order valence-corrected chi connectivity index (χ3v) is 4.20. The summed E-state index contributed by atoms with van der Waals surface area (Å²) in [6.45, 7) is 3.64. The van der Waals surface area contributed by atoms with E-state index in [4.69, 9.17) is 0 Å². The molecule has 0 unspecified atom stereocenters. The second kappa shape index (κ2) is 6.56. The Labute approximate surface area is 159 Å². The zero-order valence-electron chi connectivity index (χ0n) is 15.0. The third kappa shape index (κ3) is 3.48. The van der Waals surface area contributed by atoms with Crippen LogP contribution in [0.15, 0.2) is 48.8 Å². The Morgan fingerprint density at radius 2 is 1.79 bits per heavy atom. The molecule has 0 aliphatic carbocycles. The van der Waals surface area contributed by atoms with Gasteiger partial charge in [0.2, 0.25) is 0 Å². The fourth-order valence-electron chi connectivity index (χ4n) is 2.88. The number of amides is 1. The highest BCUT2D eigenvalue weighted by molar-refractivity contribution is 6.03. The van der Waals surface area contributed by atoms with Crippen LogP contribution < -0.4 is 14.8 Å². The number of hydrogen-bond acceptors (Lipinski definition) is 5. The molecule has 0 atom stereocenters. The highest BCUT2D eigenvalue weighted by atomic mass is 19.3. The van der Waals surface area contributed by atoms with Gasteiger partial charge in [0.25, 0.3) is 5.91 Å². The fourth-order valence-corrected chi connectivity index (χ4v) is 2.88. The van der Waals surface area contributed by atoms with Gasteiger partial charge in [-0.1, -0.05) is 17.7 Å². The molecule has 3 aromatic rings. The van der Waals surface area contributed by atoms with Gasteiger partial charge in [0.05, 0.1) is 18.1 Å². The van der Waals surface area contributed by atoms with E-state index in [2.05, 4.69) is 24.8 Å². The van der Waals surface area contributed by atoms with Crippen LogP contribution in [0.3, 0.4) is 0 Å². The van der Waals surface area contributed by atoms with Crippen LogP contribution >= 0.6 is 0 Å². The molecule has 0 saturated carbocycles. The van der Waals surface area contributed by atoms with Crippen molar-refractivity contribution >= 4 is 11.7 Å². The summed E-state index contributed by atoms with van der Waals surface area (Å²) in [4.78, 5) is 20.8. The number of aromatic nitrogens is 2. The van der Waals surface area contributed by atoms with Gasteiger partial charge < -0.3 is 14.8 Å². The number of ether oxygens (including phenoxy) is 2. The first-order valence-electron chi connectivity index (χ1n) is 8.42. The zero-order valence-corrected chi connectivity index (χ0v) is 15.0. The summed E-state index contributed by atoms with van der Waals surface area (Å²) in [7, 11) is 0. The van der Waals surface area contributed by atoms with Gasteiger partial charge in [-0.3, -0.25) is 9.78 Å². The predicted octanol–water partition coefficient (Wildman–Crippen LogP) is 4.33. The standard InChI is InChI=1S/C20H15F2N3O3/c1-11-4-3-5-13(6-11)19(26)25-18-10-23-15(9-24-18)14-8-17-16(7-12(14)2)27-20(21,22)28-17/h3-10H,1-2H3,(H,24,25,26). The van der Waals surface area contributed by atoms with Crippen molar-refractivity contribution in [1.29, 1.82) is 0 Å². The summed E-state index contributed by atoms with van der Waals surface area (Å²) < 4.78 is 35.4. The quantitative estimate of drug-likeness (QED) is 0.729. The topological polar surface area (TPSA) is 73.3 Å². The summed E-state index contributed by atoms with van der Waals surface area (Å²) in [5.74, 6) is -0.113. The Balaban J connectivity index is 1.55. The maximum absolute atomic E-state index is 13.2. The average Bonchev–Trinajstić information content (AvgIpc) is 2.94. The first kappa shape index (κ1) is 17.8. The normalized spacial score (nSPS) is 14.0. The van der Waals surface area contributed by atoms with Crippen molar-refractivity contribution in [2.24, 2.45) is 0 Å². The molecule has 2 aromatic carbocycles. The smallest absolute Gasteiger partial charge is 0.395 e. The van der Waals surface area contributed by atoms with Gasteiger partial charge in [-0.25, -0.2) is 4.98 Å². The molecule has 1 N–H and O–H groups in total. The van der Waals surface area contributed by atoms with E-state index in [1.165, 1.54) is 24.5 Å². The average molecular weight is 383 g/mol. The lowest BCUT2D eigenvalue weighted by molar-refractivity contribution is -0.286. The maximum atomic E-state index is 13.2. The van der Waals surface area contributed by atoms with E-state index in [1.807, 2.05) is 13.0 Å². The van der Waals surface area contributed by atoms with Crippen LogP contribution in [0.1, 0.15) is 21.5 Å². The van der Waals surface area contributed by atoms with Crippen LogP contribution in [0.5, 0.6) is 11.5 Å². The van der Waals surface area contributed by atoms with Gasteiger partial charge in [0, 0.05) is 11.1 Å². The number of hydrogen-bond donors (Lipinski definition) is 1. The fraction of sp³-hybridized carbons (Fsp3) is 0.150. The minimum Gasteiger partial charge on any atom is -0.395 e. The molecule has 0 radical (unpaired) electrons. The van der Waals surface area contributed by atoms with Crippen molar-refractivity contribution in [2.45, 2.75) is 20.1 Å². The molecule has 0 bridgehead atoms. The van der Waals surface area contributed by atoms with E-state index in [9.17, 15) is 13.6 Å². The first-order chi connectivity index (χ1) is 13.3. The van der Waals surface area contributed by atoms with E-state index < -0.39 is 6.29 Å². The molecule has 0 spiro atoms. The van der Waals surface area contributed by atoms with E-state index >= 15 is 0 Å². The zero-order chi connectivity index (χ0) is 19.9. The number of fused-ring (bicyclic) bond motifs is 1. The molecule has 142 valence electrons. The van der Waals surface area contributed by atoms with Crippen LogP contribution in [0, 0.1) is 13.8 Å². The molecule has 1 aliphatic heterocycles. The van der Waals surface area contributed by atoms with Gasteiger partial charge in [-0.2, -0.15) is 0 Å². The van der Waals surface area contributed by atoms with Gasteiger partial charge in [-0.15, -0.1) is 8.78 Å². The Morgan fingerprint density at radius 3 is 2.46 bits per heavy atom. The molecule has 0 saturated heterocycles. The minimum absolute atomic E-state index is 0.0266. The number of rotatable bonds is 3. The molecule has 2 heterocycles. The molecule has 1 amide bonds. The highest BCUT2D eigenvalue weighted by Crippen LogP contribution is 2.44. The predicted molar refractivity (Wildman–Crippen MR) is 97.5 cm³/mol. The molecule has 0 fully saturated rings. The Kier molecular flexibility index (Phi) is 4.18. The van der Waals surface area contributed by atoms with Gasteiger partial charge in [0.15, 0.2) is 17.3 Å². The van der Waals surface area contributed by atoms with Crippen molar-refractivity contribution in [1.82, 2.24) is 9.97 Å². The maximum Gasteiger partial charge on any atom is 0.586 e. The third-order valence-electron chi connectivity index (χ3n) is 4.20. The largest absolute Gasteiger partial charge is 0.586 e. The van der Waals surface area contributed by atoms with Gasteiger partial charge in [0.1, 0.15) is 0 Å². The highest BCUT2D eigenvalue weighted by Gasteiger charge is 2.43. The van der Waals surface area contributed by atoms with Crippen molar-refractivity contribution in [3.05, 3.63) is 65.5 Å². The number of carbonyl (C=O) groups is 1. The van der Waals surface area contributed by atoms with Crippen molar-refractivity contribution in [2.75, 3.05) is 5.32 Å². The molecule has 1 aliphatic rings. The first-order valence-corrected chi connectivity index (χ1v) is 8.42. The van der Waals surface area contributed by atoms with Crippen LogP contribution in [-0.2, 0) is 0 Å². The minimum atomic E-state index is -3.68. The van der Waals surface area contributed by atoms with E-state index in [1.54, 1.807) is 25.1 Å². The number of benzene rings is 2. The molecule has 28 heavy (non-hydrogen) atoms. The summed E-state index contributed by atoms with van der Waals surface area (Å²) in [5.41, 5.74) is 3.18. The molecule has 6 nitrogen and oxygen atoms in total. The number of halogens is 2. The van der Waals surface area contributed by atoms with Gasteiger partial charge in [-0.05, 0) is 43.7 Å². The lowest BCUT2D eigenvalue weighted by Gasteiger charge is -2.08. The number of alkyl halides is 2. The van der Waals surface area contributed by atoms with Crippen molar-refractivity contribution in [3.8, 4) is 22.8 Å². The Hall–Kier alpha value is -3.55. The van der Waals surface area contributed by atoms with E-state index in [0.29, 0.717) is 22.4 Å². The number of nitrogens with one attached hydrogen (secondary N) is 1. The number of nitrogens with zero attached hydrogens (tertiary/aromatic N) is 2. The van der Waals surface area contributed by atoms with Crippen LogP contribution in [0.4, 0.5) is 14.6 Å². The summed E-state index contributed by atoms with van der Waals surface area (Å²) in [5, 5.41) is 2.67. The van der Waals surface area contributed by atoms with Crippen molar-refractivity contribution < 1.29 is 23.0 Å². The molecule has 1 aromatic heterocycles. The SMILES string of the molecule is Cc1cccc(C(=O)Nc2cnc(-c3cc4c(cc3C)OC(F)(F)O4)cn2)c1. The van der Waals surface area contributed by atoms with E-state index in [0.717, 1.165) is 5.56 Å². The summed E-state index contributed by atoms with van der Waals surface area (Å²) in [6.07, 6.45) is -0.820. The molecular weight excluding hydrogens is 368 g/mol.